The predicted octanol–water partition coefficient (Wildman–Crippen LogP) is 5.99. The molecule has 0 aliphatic carbocycles. The van der Waals surface area contributed by atoms with E-state index in [1.807, 2.05) is 37.3 Å². The number of nitrogens with zero attached hydrogens (tertiary/aromatic N) is 1. The van der Waals surface area contributed by atoms with Gasteiger partial charge in [0.1, 0.15) is 5.75 Å². The van der Waals surface area contributed by atoms with Crippen molar-refractivity contribution in [3.63, 3.8) is 0 Å². The molecule has 0 aliphatic heterocycles. The minimum atomic E-state index is -0.334. The minimum absolute atomic E-state index is 0.119. The van der Waals surface area contributed by atoms with Gasteiger partial charge in [-0.2, -0.15) is 5.10 Å². The van der Waals surface area contributed by atoms with Crippen molar-refractivity contribution in [2.45, 2.75) is 52.9 Å². The summed E-state index contributed by atoms with van der Waals surface area (Å²) in [6.45, 7) is 8.86. The number of carbonyl (C=O) groups excluding carboxylic acids is 1. The van der Waals surface area contributed by atoms with E-state index in [9.17, 15) is 4.79 Å². The van der Waals surface area contributed by atoms with Crippen LogP contribution in [-0.2, 0) is 4.79 Å². The smallest absolute Gasteiger partial charge is 0.277 e. The first kappa shape index (κ1) is 25.7. The maximum absolute atomic E-state index is 12.2. The van der Waals surface area contributed by atoms with Crippen molar-refractivity contribution >= 4 is 28.1 Å². The summed E-state index contributed by atoms with van der Waals surface area (Å²) in [6.07, 6.45) is 4.85. The monoisotopic (exact) mass is 504 g/mol. The molecule has 0 saturated carbocycles. The van der Waals surface area contributed by atoms with E-state index in [1.165, 1.54) is 0 Å². The van der Waals surface area contributed by atoms with Gasteiger partial charge in [0.25, 0.3) is 5.91 Å². The zero-order valence-corrected chi connectivity index (χ0v) is 21.1. The van der Waals surface area contributed by atoms with Gasteiger partial charge in [0, 0.05) is 4.47 Å². The summed E-state index contributed by atoms with van der Waals surface area (Å²) in [5.74, 6) is 1.98. The van der Waals surface area contributed by atoms with E-state index in [4.69, 9.17) is 14.2 Å². The number of hydrazone groups is 1. The van der Waals surface area contributed by atoms with Crippen LogP contribution in [0.2, 0.25) is 0 Å². The number of rotatable bonds is 12. The second kappa shape index (κ2) is 13.1. The van der Waals surface area contributed by atoms with E-state index in [-0.39, 0.29) is 18.4 Å². The number of methoxy groups -OCH3 is 1. The van der Waals surface area contributed by atoms with E-state index >= 15 is 0 Å². The summed E-state index contributed by atoms with van der Waals surface area (Å²) in [6, 6.07) is 9.51. The Kier molecular flexibility index (Phi) is 10.5. The summed E-state index contributed by atoms with van der Waals surface area (Å²) in [7, 11) is 1.60. The third-order valence-electron chi connectivity index (χ3n) is 4.87. The van der Waals surface area contributed by atoms with Crippen LogP contribution in [0.1, 0.15) is 62.6 Å². The molecule has 1 amide bonds. The fourth-order valence-corrected chi connectivity index (χ4v) is 3.38. The second-order valence-corrected chi connectivity index (χ2v) is 8.70. The molecule has 174 valence electrons. The van der Waals surface area contributed by atoms with Gasteiger partial charge in [-0.3, -0.25) is 4.79 Å². The molecular weight excluding hydrogens is 472 g/mol. The molecule has 32 heavy (non-hydrogen) atoms. The molecule has 0 saturated heterocycles. The first-order chi connectivity index (χ1) is 15.3. The molecule has 0 bridgehead atoms. The van der Waals surface area contributed by atoms with Gasteiger partial charge in [-0.05, 0) is 66.3 Å². The number of nitrogens with one attached hydrogen (secondary N) is 1. The van der Waals surface area contributed by atoms with Crippen LogP contribution in [0.5, 0.6) is 17.2 Å². The molecule has 1 N–H and O–H groups in total. The first-order valence-corrected chi connectivity index (χ1v) is 11.7. The number of amides is 1. The van der Waals surface area contributed by atoms with Gasteiger partial charge in [-0.15, -0.1) is 0 Å². The third-order valence-corrected chi connectivity index (χ3v) is 5.72. The number of hydrogen-bond donors (Lipinski definition) is 1. The van der Waals surface area contributed by atoms with Crippen LogP contribution in [0.25, 0.3) is 0 Å². The molecule has 0 spiro atoms. The molecule has 2 aromatic carbocycles. The molecule has 0 unspecified atom stereocenters. The lowest BCUT2D eigenvalue weighted by Gasteiger charge is -2.15. The minimum Gasteiger partial charge on any atom is -0.493 e. The summed E-state index contributed by atoms with van der Waals surface area (Å²) in [5.41, 5.74) is 5.38. The van der Waals surface area contributed by atoms with Crippen LogP contribution in [-0.4, -0.2) is 32.4 Å². The van der Waals surface area contributed by atoms with Gasteiger partial charge in [-0.1, -0.05) is 49.5 Å². The average molecular weight is 505 g/mol. The van der Waals surface area contributed by atoms with E-state index < -0.39 is 0 Å². The van der Waals surface area contributed by atoms with Crippen molar-refractivity contribution in [1.29, 1.82) is 0 Å². The zero-order chi connectivity index (χ0) is 23.5. The number of carbonyl (C=O) groups is 1. The summed E-state index contributed by atoms with van der Waals surface area (Å²) < 4.78 is 18.0. The van der Waals surface area contributed by atoms with Gasteiger partial charge in [0.2, 0.25) is 0 Å². The maximum Gasteiger partial charge on any atom is 0.277 e. The van der Waals surface area contributed by atoms with Crippen LogP contribution < -0.4 is 19.6 Å². The van der Waals surface area contributed by atoms with Crippen molar-refractivity contribution in [3.05, 3.63) is 51.5 Å². The Morgan fingerprint density at radius 1 is 1.12 bits per heavy atom. The van der Waals surface area contributed by atoms with Crippen molar-refractivity contribution < 1.29 is 19.0 Å². The summed E-state index contributed by atoms with van der Waals surface area (Å²) >= 11 is 3.55. The number of aryl methyl sites for hydroxylation is 1. The Labute approximate surface area is 199 Å². The lowest BCUT2D eigenvalue weighted by Crippen LogP contribution is -2.25. The number of benzene rings is 2. The van der Waals surface area contributed by atoms with Crippen LogP contribution in [0.4, 0.5) is 0 Å². The fraction of sp³-hybridized carbons (Fsp3) is 0.440. The molecule has 0 radical (unpaired) electrons. The molecule has 2 aromatic rings. The molecular formula is C25H33BrN2O4. The standard InChI is InChI=1S/C25H33BrN2O4/c1-6-7-8-11-31-22-10-9-19(13-24(22)30-5)15-27-28-25(29)16-32-23-12-18(4)21(26)14-20(23)17(2)3/h9-10,12-15,17H,6-8,11,16H2,1-5H3,(H,28,29)/b27-15+. The van der Waals surface area contributed by atoms with Gasteiger partial charge < -0.3 is 14.2 Å². The molecule has 6 nitrogen and oxygen atoms in total. The highest BCUT2D eigenvalue weighted by Crippen LogP contribution is 2.32. The molecule has 0 heterocycles. The number of ether oxygens (including phenoxy) is 3. The Morgan fingerprint density at radius 3 is 2.59 bits per heavy atom. The lowest BCUT2D eigenvalue weighted by atomic mass is 10.0. The lowest BCUT2D eigenvalue weighted by molar-refractivity contribution is -0.123. The Bertz CT molecular complexity index is 928. The molecule has 2 rings (SSSR count). The second-order valence-electron chi connectivity index (χ2n) is 7.84. The topological polar surface area (TPSA) is 69.2 Å². The van der Waals surface area contributed by atoms with Crippen LogP contribution in [0.15, 0.2) is 39.9 Å². The number of halogens is 1. The quantitative estimate of drug-likeness (QED) is 0.219. The first-order valence-electron chi connectivity index (χ1n) is 10.9. The van der Waals surface area contributed by atoms with Crippen molar-refractivity contribution in [2.75, 3.05) is 20.3 Å². The molecule has 7 heteroatoms. The molecule has 0 aromatic heterocycles. The van der Waals surface area contributed by atoms with E-state index in [0.29, 0.717) is 23.9 Å². The summed E-state index contributed by atoms with van der Waals surface area (Å²) in [5, 5.41) is 4.03. The fourth-order valence-electron chi connectivity index (χ4n) is 3.02. The Hall–Kier alpha value is -2.54. The number of hydrogen-bond acceptors (Lipinski definition) is 5. The normalized spacial score (nSPS) is 11.1. The molecule has 0 fully saturated rings. The van der Waals surface area contributed by atoms with E-state index in [1.54, 1.807) is 13.3 Å². The van der Waals surface area contributed by atoms with E-state index in [0.717, 1.165) is 40.4 Å². The van der Waals surface area contributed by atoms with Gasteiger partial charge in [-0.25, -0.2) is 5.43 Å². The number of unbranched alkanes of at least 4 members (excludes halogenated alkanes) is 2. The van der Waals surface area contributed by atoms with Crippen LogP contribution >= 0.6 is 15.9 Å². The third kappa shape index (κ3) is 7.86. The maximum atomic E-state index is 12.2. The highest BCUT2D eigenvalue weighted by atomic mass is 79.9. The van der Waals surface area contributed by atoms with Gasteiger partial charge >= 0.3 is 0 Å². The SMILES string of the molecule is CCCCCOc1ccc(/C=N/NC(=O)COc2cc(C)c(Br)cc2C(C)C)cc1OC. The Balaban J connectivity index is 1.91. The van der Waals surface area contributed by atoms with Crippen molar-refractivity contribution in [1.82, 2.24) is 5.43 Å². The highest BCUT2D eigenvalue weighted by Gasteiger charge is 2.12. The van der Waals surface area contributed by atoms with Crippen LogP contribution in [0.3, 0.4) is 0 Å². The Morgan fingerprint density at radius 2 is 1.91 bits per heavy atom. The predicted molar refractivity (Wildman–Crippen MR) is 132 cm³/mol. The van der Waals surface area contributed by atoms with E-state index in [2.05, 4.69) is 47.2 Å². The van der Waals surface area contributed by atoms with Gasteiger partial charge in [0.15, 0.2) is 18.1 Å². The van der Waals surface area contributed by atoms with Crippen molar-refractivity contribution in [3.8, 4) is 17.2 Å². The zero-order valence-electron chi connectivity index (χ0n) is 19.5. The average Bonchev–Trinajstić information content (AvgIpc) is 2.77. The summed E-state index contributed by atoms with van der Waals surface area (Å²) in [4.78, 5) is 12.2. The van der Waals surface area contributed by atoms with Crippen molar-refractivity contribution in [2.24, 2.45) is 5.10 Å². The van der Waals surface area contributed by atoms with Gasteiger partial charge in [0.05, 0.1) is 19.9 Å². The molecule has 0 aliphatic rings. The highest BCUT2D eigenvalue weighted by molar-refractivity contribution is 9.10. The largest absolute Gasteiger partial charge is 0.493 e. The molecule has 0 atom stereocenters. The van der Waals surface area contributed by atoms with Crippen LogP contribution in [0, 0.1) is 6.92 Å².